The lowest BCUT2D eigenvalue weighted by molar-refractivity contribution is 0.854. The van der Waals surface area contributed by atoms with E-state index in [-0.39, 0.29) is 0 Å². The van der Waals surface area contributed by atoms with Crippen LogP contribution in [0.4, 0.5) is 5.82 Å². The zero-order valence-corrected chi connectivity index (χ0v) is 7.65. The van der Waals surface area contributed by atoms with Crippen LogP contribution in [-0.2, 0) is 6.42 Å². The van der Waals surface area contributed by atoms with Gasteiger partial charge in [0, 0.05) is 0 Å². The van der Waals surface area contributed by atoms with Gasteiger partial charge in [-0.2, -0.15) is 5.10 Å². The van der Waals surface area contributed by atoms with E-state index in [4.69, 9.17) is 5.73 Å². The van der Waals surface area contributed by atoms with Crippen molar-refractivity contribution in [3.63, 3.8) is 0 Å². The van der Waals surface area contributed by atoms with Gasteiger partial charge in [0.25, 0.3) is 0 Å². The van der Waals surface area contributed by atoms with E-state index in [1.54, 1.807) is 4.52 Å². The molecule has 2 heterocycles. The number of hydrogen-bond acceptors (Lipinski definition) is 4. The Morgan fingerprint density at radius 3 is 3.00 bits per heavy atom. The number of nitrogens with zero attached hydrogens (tertiary/aromatic N) is 4. The maximum absolute atomic E-state index is 5.73. The summed E-state index contributed by atoms with van der Waals surface area (Å²) >= 11 is 0. The first-order chi connectivity index (χ1) is 6.24. The number of nitrogen functional groups attached to an aromatic ring is 1. The third-order valence-corrected chi connectivity index (χ3v) is 2.03. The largest absolute Gasteiger partial charge is 0.382 e. The first-order valence-corrected chi connectivity index (χ1v) is 4.18. The molecule has 0 fully saturated rings. The molecule has 0 aromatic carbocycles. The number of aromatic nitrogens is 4. The third kappa shape index (κ3) is 1.04. The number of anilines is 1. The number of nitrogens with two attached hydrogens (primary N) is 1. The highest BCUT2D eigenvalue weighted by molar-refractivity contribution is 5.68. The molecule has 0 radical (unpaired) electrons. The number of fused-ring (bicyclic) bond motifs is 1. The van der Waals surface area contributed by atoms with Gasteiger partial charge < -0.3 is 5.73 Å². The SMILES string of the molecule is CCc1nc(C)n2ncnc(N)c12. The lowest BCUT2D eigenvalue weighted by Crippen LogP contribution is -2.00. The molecule has 0 spiro atoms. The van der Waals surface area contributed by atoms with Gasteiger partial charge in [-0.15, -0.1) is 0 Å². The second-order valence-electron chi connectivity index (χ2n) is 2.86. The molecule has 0 unspecified atom stereocenters. The highest BCUT2D eigenvalue weighted by atomic mass is 15.3. The Labute approximate surface area is 75.6 Å². The zero-order valence-electron chi connectivity index (χ0n) is 7.65. The van der Waals surface area contributed by atoms with Crippen LogP contribution in [-0.4, -0.2) is 19.6 Å². The monoisotopic (exact) mass is 177 g/mol. The predicted molar refractivity (Wildman–Crippen MR) is 49.3 cm³/mol. The van der Waals surface area contributed by atoms with Crippen molar-refractivity contribution in [1.29, 1.82) is 0 Å². The molecule has 0 aliphatic heterocycles. The van der Waals surface area contributed by atoms with E-state index < -0.39 is 0 Å². The zero-order chi connectivity index (χ0) is 9.42. The van der Waals surface area contributed by atoms with Crippen LogP contribution >= 0.6 is 0 Å². The van der Waals surface area contributed by atoms with Crippen LogP contribution < -0.4 is 5.73 Å². The Balaban J connectivity index is 2.89. The van der Waals surface area contributed by atoms with Crippen molar-refractivity contribution in [1.82, 2.24) is 19.6 Å². The number of rotatable bonds is 1. The minimum absolute atomic E-state index is 0.493. The van der Waals surface area contributed by atoms with Gasteiger partial charge in [0.1, 0.15) is 17.7 Å². The predicted octanol–water partition coefficient (Wildman–Crippen LogP) is 0.577. The summed E-state index contributed by atoms with van der Waals surface area (Å²) in [5.74, 6) is 1.34. The average molecular weight is 177 g/mol. The van der Waals surface area contributed by atoms with Crippen LogP contribution in [0.15, 0.2) is 6.33 Å². The second-order valence-corrected chi connectivity index (χ2v) is 2.86. The Kier molecular flexibility index (Phi) is 1.65. The summed E-state index contributed by atoms with van der Waals surface area (Å²) in [6.45, 7) is 3.94. The van der Waals surface area contributed by atoms with Gasteiger partial charge >= 0.3 is 0 Å². The Morgan fingerprint density at radius 1 is 1.54 bits per heavy atom. The smallest absolute Gasteiger partial charge is 0.153 e. The maximum atomic E-state index is 5.73. The topological polar surface area (TPSA) is 69.1 Å². The first kappa shape index (κ1) is 7.97. The molecule has 0 bridgehead atoms. The Hall–Kier alpha value is -1.65. The van der Waals surface area contributed by atoms with Crippen LogP contribution in [0.5, 0.6) is 0 Å². The maximum Gasteiger partial charge on any atom is 0.153 e. The molecule has 0 amide bonds. The van der Waals surface area contributed by atoms with Gasteiger partial charge in [-0.25, -0.2) is 14.5 Å². The Bertz CT molecular complexity index is 445. The molecule has 5 heteroatoms. The van der Waals surface area contributed by atoms with Gasteiger partial charge in [0.15, 0.2) is 5.82 Å². The summed E-state index contributed by atoms with van der Waals surface area (Å²) in [4.78, 5) is 8.28. The molecule has 2 N–H and O–H groups in total. The lowest BCUT2D eigenvalue weighted by Gasteiger charge is -1.97. The van der Waals surface area contributed by atoms with E-state index in [1.165, 1.54) is 6.33 Å². The fourth-order valence-corrected chi connectivity index (χ4v) is 1.42. The van der Waals surface area contributed by atoms with Crippen molar-refractivity contribution < 1.29 is 0 Å². The molecule has 5 nitrogen and oxygen atoms in total. The Morgan fingerprint density at radius 2 is 2.31 bits per heavy atom. The van der Waals surface area contributed by atoms with Crippen molar-refractivity contribution in [2.24, 2.45) is 0 Å². The average Bonchev–Trinajstić information content (AvgIpc) is 2.45. The number of imidazole rings is 1. The van der Waals surface area contributed by atoms with Gasteiger partial charge in [-0.3, -0.25) is 0 Å². The van der Waals surface area contributed by atoms with E-state index in [0.717, 1.165) is 23.5 Å². The summed E-state index contributed by atoms with van der Waals surface area (Å²) in [5, 5.41) is 4.07. The van der Waals surface area contributed by atoms with Gasteiger partial charge in [0.05, 0.1) is 5.69 Å². The number of hydrogen-bond donors (Lipinski definition) is 1. The molecule has 2 aromatic rings. The van der Waals surface area contributed by atoms with Crippen molar-refractivity contribution in [2.45, 2.75) is 20.3 Å². The fourth-order valence-electron chi connectivity index (χ4n) is 1.42. The van der Waals surface area contributed by atoms with Crippen LogP contribution in [0.3, 0.4) is 0 Å². The summed E-state index contributed by atoms with van der Waals surface area (Å²) in [6, 6.07) is 0. The molecule has 13 heavy (non-hydrogen) atoms. The van der Waals surface area contributed by atoms with E-state index in [2.05, 4.69) is 15.1 Å². The number of aryl methyl sites for hydroxylation is 2. The molecular formula is C8H11N5. The molecule has 0 saturated heterocycles. The molecule has 0 atom stereocenters. The summed E-state index contributed by atoms with van der Waals surface area (Å²) in [6.07, 6.45) is 2.28. The standard InChI is InChI=1S/C8H11N5/c1-3-6-7-8(9)10-4-11-13(7)5(2)12-6/h4H,3H2,1-2H3,(H2,9,10,11). The first-order valence-electron chi connectivity index (χ1n) is 4.18. The summed E-state index contributed by atoms with van der Waals surface area (Å²) < 4.78 is 1.72. The molecule has 2 rings (SSSR count). The molecule has 2 aromatic heterocycles. The normalized spacial score (nSPS) is 10.9. The van der Waals surface area contributed by atoms with E-state index in [1.807, 2.05) is 13.8 Å². The van der Waals surface area contributed by atoms with Crippen LogP contribution in [0.2, 0.25) is 0 Å². The summed E-state index contributed by atoms with van der Waals surface area (Å²) in [7, 11) is 0. The van der Waals surface area contributed by atoms with E-state index in [9.17, 15) is 0 Å². The molecule has 0 aliphatic carbocycles. The lowest BCUT2D eigenvalue weighted by atomic mass is 10.3. The highest BCUT2D eigenvalue weighted by Crippen LogP contribution is 2.16. The minimum atomic E-state index is 0.493. The molecular weight excluding hydrogens is 166 g/mol. The van der Waals surface area contributed by atoms with E-state index in [0.29, 0.717) is 5.82 Å². The van der Waals surface area contributed by atoms with Gasteiger partial charge in [-0.05, 0) is 13.3 Å². The molecule has 0 aliphatic rings. The van der Waals surface area contributed by atoms with Crippen LogP contribution in [0, 0.1) is 6.92 Å². The fraction of sp³-hybridized carbons (Fsp3) is 0.375. The quantitative estimate of drug-likeness (QED) is 0.691. The minimum Gasteiger partial charge on any atom is -0.382 e. The van der Waals surface area contributed by atoms with Gasteiger partial charge in [-0.1, -0.05) is 6.92 Å². The van der Waals surface area contributed by atoms with Gasteiger partial charge in [0.2, 0.25) is 0 Å². The van der Waals surface area contributed by atoms with Crippen LogP contribution in [0.1, 0.15) is 18.4 Å². The van der Waals surface area contributed by atoms with Crippen molar-refractivity contribution in [2.75, 3.05) is 5.73 Å². The van der Waals surface area contributed by atoms with E-state index >= 15 is 0 Å². The van der Waals surface area contributed by atoms with Crippen molar-refractivity contribution >= 4 is 11.3 Å². The van der Waals surface area contributed by atoms with Crippen molar-refractivity contribution in [3.05, 3.63) is 17.8 Å². The third-order valence-electron chi connectivity index (χ3n) is 2.03. The molecule has 0 saturated carbocycles. The second kappa shape index (κ2) is 2.69. The van der Waals surface area contributed by atoms with Crippen molar-refractivity contribution in [3.8, 4) is 0 Å². The molecule has 68 valence electrons. The summed E-state index contributed by atoms with van der Waals surface area (Å²) in [5.41, 5.74) is 7.52. The van der Waals surface area contributed by atoms with Crippen LogP contribution in [0.25, 0.3) is 5.52 Å². The highest BCUT2D eigenvalue weighted by Gasteiger charge is 2.10.